The highest BCUT2D eigenvalue weighted by Crippen LogP contribution is 2.22. The predicted molar refractivity (Wildman–Crippen MR) is 105 cm³/mol. The van der Waals surface area contributed by atoms with Crippen molar-refractivity contribution in [1.82, 2.24) is 9.21 Å². The molecule has 27 heavy (non-hydrogen) atoms. The zero-order chi connectivity index (χ0) is 19.4. The fraction of sp³-hybridized carbons (Fsp3) is 0.550. The summed E-state index contributed by atoms with van der Waals surface area (Å²) in [5.41, 5.74) is 0.808. The molecule has 2 fully saturated rings. The second-order valence-corrected chi connectivity index (χ2v) is 9.55. The van der Waals surface area contributed by atoms with Crippen molar-refractivity contribution in [1.29, 1.82) is 0 Å². The van der Waals surface area contributed by atoms with E-state index in [1.54, 1.807) is 36.4 Å². The summed E-state index contributed by atoms with van der Waals surface area (Å²) in [6, 6.07) is 6.66. The van der Waals surface area contributed by atoms with Gasteiger partial charge in [0.25, 0.3) is 0 Å². The van der Waals surface area contributed by atoms with Crippen LogP contribution in [0.2, 0.25) is 0 Å². The summed E-state index contributed by atoms with van der Waals surface area (Å²) in [6.45, 7) is 7.55. The zero-order valence-electron chi connectivity index (χ0n) is 16.0. The molecule has 0 N–H and O–H groups in total. The van der Waals surface area contributed by atoms with E-state index in [0.29, 0.717) is 38.1 Å². The van der Waals surface area contributed by atoms with Gasteiger partial charge in [-0.25, -0.2) is 8.42 Å². The van der Waals surface area contributed by atoms with E-state index in [9.17, 15) is 13.2 Å². The van der Waals surface area contributed by atoms with Crippen LogP contribution in [-0.2, 0) is 19.6 Å². The smallest absolute Gasteiger partial charge is 0.246 e. The summed E-state index contributed by atoms with van der Waals surface area (Å²) < 4.78 is 31.9. The Morgan fingerprint density at radius 2 is 1.67 bits per heavy atom. The van der Waals surface area contributed by atoms with Gasteiger partial charge in [0.15, 0.2) is 0 Å². The highest BCUT2D eigenvalue weighted by molar-refractivity contribution is 7.89. The topological polar surface area (TPSA) is 66.9 Å². The largest absolute Gasteiger partial charge is 0.379 e. The second kappa shape index (κ2) is 8.54. The molecule has 1 aromatic rings. The third-order valence-electron chi connectivity index (χ3n) is 5.09. The molecular formula is C20H28N2O4S. The van der Waals surface area contributed by atoms with Gasteiger partial charge in [-0.2, -0.15) is 4.31 Å². The fourth-order valence-electron chi connectivity index (χ4n) is 3.80. The summed E-state index contributed by atoms with van der Waals surface area (Å²) >= 11 is 0. The van der Waals surface area contributed by atoms with Crippen LogP contribution in [0.3, 0.4) is 0 Å². The lowest BCUT2D eigenvalue weighted by atomic mass is 9.92. The molecule has 0 bridgehead atoms. The summed E-state index contributed by atoms with van der Waals surface area (Å²) in [6.07, 6.45) is 4.49. The van der Waals surface area contributed by atoms with Crippen molar-refractivity contribution in [2.75, 3.05) is 39.4 Å². The number of piperidine rings is 1. The first-order valence-corrected chi connectivity index (χ1v) is 10.9. The van der Waals surface area contributed by atoms with Gasteiger partial charge in [-0.3, -0.25) is 4.79 Å². The highest BCUT2D eigenvalue weighted by atomic mass is 32.2. The van der Waals surface area contributed by atoms with E-state index >= 15 is 0 Å². The second-order valence-electron chi connectivity index (χ2n) is 7.61. The SMILES string of the molecule is C[C@H]1C[C@H](C)CN(C(=O)/C=C/c2ccc(S(=O)(=O)N3CCOCC3)cc2)C1. The van der Waals surface area contributed by atoms with Gasteiger partial charge >= 0.3 is 0 Å². The molecule has 2 saturated heterocycles. The molecule has 0 unspecified atom stereocenters. The molecule has 1 amide bonds. The molecule has 2 aliphatic heterocycles. The van der Waals surface area contributed by atoms with E-state index in [1.807, 2.05) is 4.90 Å². The van der Waals surface area contributed by atoms with Gasteiger partial charge in [-0.15, -0.1) is 0 Å². The average Bonchev–Trinajstić information content (AvgIpc) is 2.66. The Kier molecular flexibility index (Phi) is 6.34. The number of benzene rings is 1. The molecule has 2 atom stereocenters. The summed E-state index contributed by atoms with van der Waals surface area (Å²) in [5.74, 6) is 1.06. The molecule has 7 heteroatoms. The van der Waals surface area contributed by atoms with Gasteiger partial charge in [0, 0.05) is 32.3 Å². The normalized spacial score (nSPS) is 25.0. The number of sulfonamides is 1. The van der Waals surface area contributed by atoms with Gasteiger partial charge in [0.2, 0.25) is 15.9 Å². The van der Waals surface area contributed by atoms with Crippen molar-refractivity contribution in [3.05, 3.63) is 35.9 Å². The fourth-order valence-corrected chi connectivity index (χ4v) is 5.21. The lowest BCUT2D eigenvalue weighted by Gasteiger charge is -2.34. The van der Waals surface area contributed by atoms with Crippen molar-refractivity contribution >= 4 is 22.0 Å². The van der Waals surface area contributed by atoms with Gasteiger partial charge in [-0.1, -0.05) is 26.0 Å². The molecule has 0 aromatic heterocycles. The quantitative estimate of drug-likeness (QED) is 0.737. The number of amides is 1. The summed E-state index contributed by atoms with van der Waals surface area (Å²) in [4.78, 5) is 14.6. The number of nitrogens with zero attached hydrogens (tertiary/aromatic N) is 2. The van der Waals surface area contributed by atoms with Crippen LogP contribution < -0.4 is 0 Å². The molecule has 148 valence electrons. The predicted octanol–water partition coefficient (Wildman–Crippen LogP) is 2.23. The molecule has 0 saturated carbocycles. The van der Waals surface area contributed by atoms with E-state index in [4.69, 9.17) is 4.74 Å². The molecule has 6 nitrogen and oxygen atoms in total. The van der Waals surface area contributed by atoms with Crippen LogP contribution in [-0.4, -0.2) is 62.9 Å². The Bertz CT molecular complexity index is 773. The van der Waals surface area contributed by atoms with Crippen molar-refractivity contribution in [3.63, 3.8) is 0 Å². The molecule has 0 radical (unpaired) electrons. The lowest BCUT2D eigenvalue weighted by Crippen LogP contribution is -2.41. The minimum absolute atomic E-state index is 0.0124. The molecule has 0 aliphatic carbocycles. The number of morpholine rings is 1. The Morgan fingerprint density at radius 3 is 2.26 bits per heavy atom. The molecule has 0 spiro atoms. The van der Waals surface area contributed by atoms with Gasteiger partial charge in [0.1, 0.15) is 0 Å². The Labute approximate surface area is 161 Å². The molecule has 2 heterocycles. The minimum Gasteiger partial charge on any atom is -0.379 e. The minimum atomic E-state index is -3.49. The van der Waals surface area contributed by atoms with E-state index in [-0.39, 0.29) is 10.8 Å². The van der Waals surface area contributed by atoms with Gasteiger partial charge < -0.3 is 9.64 Å². The molecule has 2 aliphatic rings. The maximum absolute atomic E-state index is 12.6. The number of hydrogen-bond donors (Lipinski definition) is 0. The number of likely N-dealkylation sites (tertiary alicyclic amines) is 1. The number of rotatable bonds is 4. The van der Waals surface area contributed by atoms with E-state index in [2.05, 4.69) is 13.8 Å². The van der Waals surface area contributed by atoms with Crippen LogP contribution >= 0.6 is 0 Å². The number of hydrogen-bond acceptors (Lipinski definition) is 4. The number of carbonyl (C=O) groups is 1. The third kappa shape index (κ3) is 4.97. The zero-order valence-corrected chi connectivity index (χ0v) is 16.8. The highest BCUT2D eigenvalue weighted by Gasteiger charge is 2.26. The Morgan fingerprint density at radius 1 is 1.07 bits per heavy atom. The maximum atomic E-state index is 12.6. The monoisotopic (exact) mass is 392 g/mol. The molecular weight excluding hydrogens is 364 g/mol. The Hall–Kier alpha value is -1.70. The first-order chi connectivity index (χ1) is 12.9. The standard InChI is InChI=1S/C20H28N2O4S/c1-16-13-17(2)15-21(14-16)20(23)8-5-18-3-6-19(7-4-18)27(24,25)22-9-11-26-12-10-22/h3-8,16-17H,9-15H2,1-2H3/b8-5+/t16-,17-/m0/s1. The number of ether oxygens (including phenoxy) is 1. The van der Waals surface area contributed by atoms with Gasteiger partial charge in [-0.05, 0) is 42.0 Å². The lowest BCUT2D eigenvalue weighted by molar-refractivity contribution is -0.128. The maximum Gasteiger partial charge on any atom is 0.246 e. The van der Waals surface area contributed by atoms with Crippen LogP contribution in [0.4, 0.5) is 0 Å². The first-order valence-electron chi connectivity index (χ1n) is 9.51. The Balaban J connectivity index is 1.65. The number of carbonyl (C=O) groups excluding carboxylic acids is 1. The van der Waals surface area contributed by atoms with Gasteiger partial charge in [0.05, 0.1) is 18.1 Å². The van der Waals surface area contributed by atoms with E-state index in [0.717, 1.165) is 25.1 Å². The summed E-state index contributed by atoms with van der Waals surface area (Å²) in [7, 11) is -3.49. The first kappa shape index (κ1) is 20.0. The average molecular weight is 393 g/mol. The van der Waals surface area contributed by atoms with Crippen LogP contribution in [0.25, 0.3) is 6.08 Å². The van der Waals surface area contributed by atoms with Crippen molar-refractivity contribution in [2.45, 2.75) is 25.2 Å². The van der Waals surface area contributed by atoms with Crippen LogP contribution in [0.5, 0.6) is 0 Å². The third-order valence-corrected chi connectivity index (χ3v) is 7.00. The van der Waals surface area contributed by atoms with Crippen molar-refractivity contribution in [2.24, 2.45) is 11.8 Å². The van der Waals surface area contributed by atoms with Crippen molar-refractivity contribution in [3.8, 4) is 0 Å². The molecule has 3 rings (SSSR count). The molecule has 1 aromatic carbocycles. The van der Waals surface area contributed by atoms with Crippen LogP contribution in [0.1, 0.15) is 25.8 Å². The van der Waals surface area contributed by atoms with E-state index in [1.165, 1.54) is 4.31 Å². The van der Waals surface area contributed by atoms with E-state index < -0.39 is 10.0 Å². The summed E-state index contributed by atoms with van der Waals surface area (Å²) in [5, 5.41) is 0. The van der Waals surface area contributed by atoms with Crippen LogP contribution in [0.15, 0.2) is 35.2 Å². The van der Waals surface area contributed by atoms with Crippen LogP contribution in [0, 0.1) is 11.8 Å². The van der Waals surface area contributed by atoms with Crippen molar-refractivity contribution < 1.29 is 17.9 Å².